The molecular formula is C20H26ClN3O3S. The number of anilines is 2. The smallest absolute Gasteiger partial charge is 0.255 e. The summed E-state index contributed by atoms with van der Waals surface area (Å²) in [6, 6.07) is 11.7. The maximum atomic E-state index is 12.8. The van der Waals surface area contributed by atoms with Gasteiger partial charge in [0.1, 0.15) is 4.90 Å². The Bertz CT molecular complexity index is 926. The Morgan fingerprint density at radius 2 is 1.61 bits per heavy atom. The first-order valence-corrected chi connectivity index (χ1v) is 11.0. The Balaban J connectivity index is 2.26. The third-order valence-electron chi connectivity index (χ3n) is 4.56. The van der Waals surface area contributed by atoms with Gasteiger partial charge in [0, 0.05) is 43.6 Å². The van der Waals surface area contributed by atoms with Gasteiger partial charge in [-0.1, -0.05) is 25.4 Å². The number of nitrogens with zero attached hydrogens (tertiary/aromatic N) is 2. The third kappa shape index (κ3) is 4.84. The van der Waals surface area contributed by atoms with Gasteiger partial charge in [0.25, 0.3) is 5.91 Å². The van der Waals surface area contributed by atoms with Gasteiger partial charge in [0.15, 0.2) is 0 Å². The molecular weight excluding hydrogens is 398 g/mol. The SMILES string of the molecule is CCN(C)c1ccc(C(=O)Nc2ccc(Cl)c(S(=O)(=O)N(CC)CC)c2)cc1. The van der Waals surface area contributed by atoms with Crippen molar-refractivity contribution < 1.29 is 13.2 Å². The van der Waals surface area contributed by atoms with E-state index < -0.39 is 10.0 Å². The van der Waals surface area contributed by atoms with E-state index in [1.165, 1.54) is 16.4 Å². The molecule has 6 nitrogen and oxygen atoms in total. The van der Waals surface area contributed by atoms with Crippen molar-refractivity contribution in [3.8, 4) is 0 Å². The van der Waals surface area contributed by atoms with E-state index in [1.807, 2.05) is 26.1 Å². The predicted molar refractivity (Wildman–Crippen MR) is 115 cm³/mol. The molecule has 0 fully saturated rings. The molecule has 1 N–H and O–H groups in total. The van der Waals surface area contributed by atoms with Crippen LogP contribution in [0.4, 0.5) is 11.4 Å². The van der Waals surface area contributed by atoms with Crippen LogP contribution in [0.15, 0.2) is 47.4 Å². The number of carbonyl (C=O) groups is 1. The van der Waals surface area contributed by atoms with Crippen molar-refractivity contribution in [1.82, 2.24) is 4.31 Å². The topological polar surface area (TPSA) is 69.7 Å². The van der Waals surface area contributed by atoms with Crippen LogP contribution in [0.2, 0.25) is 5.02 Å². The van der Waals surface area contributed by atoms with Gasteiger partial charge in [-0.05, 0) is 49.4 Å². The van der Waals surface area contributed by atoms with Crippen LogP contribution < -0.4 is 10.2 Å². The first kappa shape index (κ1) is 22.2. The molecule has 0 unspecified atom stereocenters. The summed E-state index contributed by atoms with van der Waals surface area (Å²) in [5, 5.41) is 2.86. The standard InChI is InChI=1S/C20H26ClN3O3S/c1-5-23(4)17-11-8-15(9-12-17)20(25)22-16-10-13-18(21)19(14-16)28(26,27)24(6-2)7-3/h8-14H,5-7H2,1-4H3,(H,22,25). The van der Waals surface area contributed by atoms with Crippen LogP contribution in [0.5, 0.6) is 0 Å². The molecule has 0 aliphatic rings. The largest absolute Gasteiger partial charge is 0.375 e. The third-order valence-corrected chi connectivity index (χ3v) is 7.09. The second kappa shape index (κ2) is 9.41. The molecule has 0 heterocycles. The van der Waals surface area contributed by atoms with Crippen LogP contribution in [0.3, 0.4) is 0 Å². The minimum Gasteiger partial charge on any atom is -0.375 e. The van der Waals surface area contributed by atoms with E-state index in [9.17, 15) is 13.2 Å². The maximum absolute atomic E-state index is 12.8. The van der Waals surface area contributed by atoms with E-state index in [2.05, 4.69) is 10.2 Å². The molecule has 2 aromatic rings. The number of amides is 1. The average Bonchev–Trinajstić information content (AvgIpc) is 2.69. The Morgan fingerprint density at radius 1 is 1.00 bits per heavy atom. The van der Waals surface area contributed by atoms with Crippen LogP contribution in [0.25, 0.3) is 0 Å². The summed E-state index contributed by atoms with van der Waals surface area (Å²) in [5.74, 6) is -0.320. The quantitative estimate of drug-likeness (QED) is 0.694. The highest BCUT2D eigenvalue weighted by Gasteiger charge is 2.25. The summed E-state index contributed by atoms with van der Waals surface area (Å²) in [6.45, 7) is 7.11. The average molecular weight is 424 g/mol. The highest BCUT2D eigenvalue weighted by molar-refractivity contribution is 7.89. The summed E-state index contributed by atoms with van der Waals surface area (Å²) in [6.07, 6.45) is 0. The van der Waals surface area contributed by atoms with Gasteiger partial charge in [0.05, 0.1) is 5.02 Å². The zero-order valence-corrected chi connectivity index (χ0v) is 18.1. The molecule has 0 atom stereocenters. The highest BCUT2D eigenvalue weighted by Crippen LogP contribution is 2.28. The lowest BCUT2D eigenvalue weighted by molar-refractivity contribution is 0.102. The molecule has 0 aromatic heterocycles. The van der Waals surface area contributed by atoms with Gasteiger partial charge in [0.2, 0.25) is 10.0 Å². The Morgan fingerprint density at radius 3 is 2.14 bits per heavy atom. The normalized spacial score (nSPS) is 11.5. The van der Waals surface area contributed by atoms with Crippen LogP contribution in [-0.4, -0.2) is 45.3 Å². The predicted octanol–water partition coefficient (Wildman–Crippen LogP) is 4.08. The summed E-state index contributed by atoms with van der Waals surface area (Å²) in [4.78, 5) is 14.6. The van der Waals surface area contributed by atoms with Gasteiger partial charge in [-0.25, -0.2) is 8.42 Å². The molecule has 2 aromatic carbocycles. The van der Waals surface area contributed by atoms with Crippen molar-refractivity contribution in [2.24, 2.45) is 0 Å². The van der Waals surface area contributed by atoms with E-state index in [-0.39, 0.29) is 15.8 Å². The summed E-state index contributed by atoms with van der Waals surface area (Å²) in [5.41, 5.74) is 1.87. The van der Waals surface area contributed by atoms with Crippen LogP contribution in [-0.2, 0) is 10.0 Å². The molecule has 0 saturated carbocycles. The van der Waals surface area contributed by atoms with Crippen molar-refractivity contribution in [2.75, 3.05) is 36.9 Å². The van der Waals surface area contributed by atoms with E-state index in [0.29, 0.717) is 24.3 Å². The first-order chi connectivity index (χ1) is 13.2. The van der Waals surface area contributed by atoms with Crippen molar-refractivity contribution in [1.29, 1.82) is 0 Å². The molecule has 0 spiro atoms. The fraction of sp³-hybridized carbons (Fsp3) is 0.350. The van der Waals surface area contributed by atoms with E-state index in [4.69, 9.17) is 11.6 Å². The summed E-state index contributed by atoms with van der Waals surface area (Å²) >= 11 is 6.13. The Labute approximate surface area is 172 Å². The number of sulfonamides is 1. The second-order valence-electron chi connectivity index (χ2n) is 6.25. The van der Waals surface area contributed by atoms with Crippen LogP contribution in [0, 0.1) is 0 Å². The molecule has 0 bridgehead atoms. The molecule has 0 aliphatic heterocycles. The van der Waals surface area contributed by atoms with Crippen LogP contribution in [0.1, 0.15) is 31.1 Å². The fourth-order valence-electron chi connectivity index (χ4n) is 2.73. The number of nitrogens with one attached hydrogen (secondary N) is 1. The van der Waals surface area contributed by atoms with Crippen molar-refractivity contribution >= 4 is 38.9 Å². The van der Waals surface area contributed by atoms with E-state index in [0.717, 1.165) is 12.2 Å². The zero-order chi connectivity index (χ0) is 20.9. The van der Waals surface area contributed by atoms with Gasteiger partial charge in [-0.15, -0.1) is 0 Å². The van der Waals surface area contributed by atoms with Gasteiger partial charge >= 0.3 is 0 Å². The fourth-order valence-corrected chi connectivity index (χ4v) is 4.69. The molecule has 152 valence electrons. The molecule has 2 rings (SSSR count). The molecule has 28 heavy (non-hydrogen) atoms. The lowest BCUT2D eigenvalue weighted by Crippen LogP contribution is -2.30. The molecule has 0 saturated heterocycles. The number of rotatable bonds is 8. The number of carbonyl (C=O) groups excluding carboxylic acids is 1. The molecule has 1 amide bonds. The molecule has 0 radical (unpaired) electrons. The van der Waals surface area contributed by atoms with E-state index in [1.54, 1.807) is 32.0 Å². The Kier molecular flexibility index (Phi) is 7.46. The second-order valence-corrected chi connectivity index (χ2v) is 8.56. The lowest BCUT2D eigenvalue weighted by Gasteiger charge is -2.20. The van der Waals surface area contributed by atoms with Crippen molar-refractivity contribution in [3.05, 3.63) is 53.1 Å². The van der Waals surface area contributed by atoms with Gasteiger partial charge < -0.3 is 10.2 Å². The Hall–Kier alpha value is -2.09. The maximum Gasteiger partial charge on any atom is 0.255 e. The number of benzene rings is 2. The lowest BCUT2D eigenvalue weighted by atomic mass is 10.2. The van der Waals surface area contributed by atoms with E-state index >= 15 is 0 Å². The number of hydrogen-bond donors (Lipinski definition) is 1. The zero-order valence-electron chi connectivity index (χ0n) is 16.6. The minimum absolute atomic E-state index is 0.0180. The van der Waals surface area contributed by atoms with Crippen LogP contribution >= 0.6 is 11.6 Å². The molecule has 0 aliphatic carbocycles. The molecule has 8 heteroatoms. The highest BCUT2D eigenvalue weighted by atomic mass is 35.5. The number of hydrogen-bond acceptors (Lipinski definition) is 4. The summed E-state index contributed by atoms with van der Waals surface area (Å²) < 4.78 is 26.9. The first-order valence-electron chi connectivity index (χ1n) is 9.16. The van der Waals surface area contributed by atoms with Crippen molar-refractivity contribution in [3.63, 3.8) is 0 Å². The number of halogens is 1. The minimum atomic E-state index is -3.73. The monoisotopic (exact) mass is 423 g/mol. The van der Waals surface area contributed by atoms with Gasteiger partial charge in [-0.2, -0.15) is 4.31 Å². The summed E-state index contributed by atoms with van der Waals surface area (Å²) in [7, 11) is -1.76. The van der Waals surface area contributed by atoms with Gasteiger partial charge in [-0.3, -0.25) is 4.79 Å². The van der Waals surface area contributed by atoms with Crippen molar-refractivity contribution in [2.45, 2.75) is 25.7 Å².